The molecule has 37 heavy (non-hydrogen) atoms. The Labute approximate surface area is 226 Å². The normalized spacial score (nSPS) is 36.6. The fourth-order valence-electron chi connectivity index (χ4n) is 7.52. The van der Waals surface area contributed by atoms with Crippen LogP contribution in [0.1, 0.15) is 125 Å². The highest BCUT2D eigenvalue weighted by atomic mass is 16.5. The Kier molecular flexibility index (Phi) is 11.7. The SMILES string of the molecule is CCCC1C(CCC)N1C(CC(=O)OCC(O)CO)(N1C(CCC)C1CCC)N1C(CCC)C1CCC. The number of carbonyl (C=O) groups is 1. The first-order valence-corrected chi connectivity index (χ1v) is 15.7. The summed E-state index contributed by atoms with van der Waals surface area (Å²) >= 11 is 0. The topological polar surface area (TPSA) is 75.8 Å². The molecule has 0 radical (unpaired) electrons. The van der Waals surface area contributed by atoms with Crippen LogP contribution in [0, 0.1) is 0 Å². The summed E-state index contributed by atoms with van der Waals surface area (Å²) in [5.41, 5.74) is 0. The Balaban J connectivity index is 2.05. The maximum absolute atomic E-state index is 13.6. The molecule has 0 aliphatic carbocycles. The Morgan fingerprint density at radius 3 is 1.22 bits per heavy atom. The van der Waals surface area contributed by atoms with Crippen LogP contribution >= 0.6 is 0 Å². The lowest BCUT2D eigenvalue weighted by Crippen LogP contribution is -2.58. The minimum absolute atomic E-state index is 0.143. The molecule has 0 saturated carbocycles. The van der Waals surface area contributed by atoms with Gasteiger partial charge in [0.2, 0.25) is 0 Å². The van der Waals surface area contributed by atoms with Crippen molar-refractivity contribution in [3.8, 4) is 0 Å². The van der Waals surface area contributed by atoms with Gasteiger partial charge in [-0.2, -0.15) is 0 Å². The van der Waals surface area contributed by atoms with Gasteiger partial charge in [-0.05, 0) is 38.5 Å². The fraction of sp³-hybridized carbons (Fsp3) is 0.967. The molecule has 0 aromatic carbocycles. The molecule has 2 N–H and O–H groups in total. The standard InChI is InChI=1S/C30H57N3O4/c1-7-13-23-24(14-8-2)31(23)30(19-29(36)37-21-22(35)20-34,32-25(15-9-3)26(32)16-10-4)33-27(17-11-5)28(33)18-12-6/h22-28,34-35H,7-21H2,1-6H3. The fourth-order valence-corrected chi connectivity index (χ4v) is 7.52. The maximum atomic E-state index is 13.6. The number of aliphatic hydroxyl groups excluding tert-OH is 2. The van der Waals surface area contributed by atoms with E-state index in [2.05, 4.69) is 56.2 Å². The van der Waals surface area contributed by atoms with Gasteiger partial charge in [0.25, 0.3) is 0 Å². The summed E-state index contributed by atoms with van der Waals surface area (Å²) in [7, 11) is 0. The zero-order chi connectivity index (χ0) is 27.2. The van der Waals surface area contributed by atoms with Crippen LogP contribution in [0.5, 0.6) is 0 Å². The summed E-state index contributed by atoms with van der Waals surface area (Å²) in [5, 5.41) is 19.2. The molecule has 3 heterocycles. The van der Waals surface area contributed by atoms with Gasteiger partial charge in [0, 0.05) is 36.3 Å². The zero-order valence-corrected chi connectivity index (χ0v) is 24.7. The molecule has 3 fully saturated rings. The molecule has 3 rings (SSSR count). The number of ether oxygens (including phenoxy) is 1. The van der Waals surface area contributed by atoms with Crippen LogP contribution in [0.4, 0.5) is 0 Å². The molecule has 3 saturated heterocycles. The molecular weight excluding hydrogens is 466 g/mol. The van der Waals surface area contributed by atoms with Crippen molar-refractivity contribution >= 4 is 5.97 Å². The van der Waals surface area contributed by atoms with Crippen LogP contribution in [0.3, 0.4) is 0 Å². The van der Waals surface area contributed by atoms with Crippen molar-refractivity contribution in [3.63, 3.8) is 0 Å². The van der Waals surface area contributed by atoms with E-state index in [9.17, 15) is 15.0 Å². The third-order valence-electron chi connectivity index (χ3n) is 8.98. The van der Waals surface area contributed by atoms with Crippen LogP contribution in [-0.2, 0) is 9.53 Å². The molecule has 3 aliphatic heterocycles. The number of carbonyl (C=O) groups excluding carboxylic acids is 1. The molecule has 216 valence electrons. The number of nitrogens with zero attached hydrogens (tertiary/aromatic N) is 3. The predicted molar refractivity (Wildman–Crippen MR) is 149 cm³/mol. The van der Waals surface area contributed by atoms with Crippen LogP contribution < -0.4 is 0 Å². The molecule has 0 aromatic heterocycles. The van der Waals surface area contributed by atoms with E-state index in [4.69, 9.17) is 4.74 Å². The summed E-state index contributed by atoms with van der Waals surface area (Å²) < 4.78 is 5.63. The lowest BCUT2D eigenvalue weighted by Gasteiger charge is -2.41. The molecule has 0 spiro atoms. The van der Waals surface area contributed by atoms with Gasteiger partial charge in [-0.3, -0.25) is 19.5 Å². The smallest absolute Gasteiger partial charge is 0.310 e. The van der Waals surface area contributed by atoms with Crippen molar-refractivity contribution in [1.29, 1.82) is 0 Å². The van der Waals surface area contributed by atoms with Gasteiger partial charge in [-0.1, -0.05) is 80.1 Å². The highest BCUT2D eigenvalue weighted by Gasteiger charge is 2.74. The minimum Gasteiger partial charge on any atom is -0.463 e. The van der Waals surface area contributed by atoms with Crippen LogP contribution in [0.25, 0.3) is 0 Å². The minimum atomic E-state index is -1.02. The van der Waals surface area contributed by atoms with Gasteiger partial charge in [-0.25, -0.2) is 0 Å². The number of hydrogen-bond acceptors (Lipinski definition) is 7. The summed E-state index contributed by atoms with van der Waals surface area (Å²) in [6.45, 7) is 13.1. The second-order valence-corrected chi connectivity index (χ2v) is 11.8. The molecule has 0 bridgehead atoms. The first-order valence-electron chi connectivity index (χ1n) is 15.7. The molecule has 0 amide bonds. The summed E-state index contributed by atoms with van der Waals surface area (Å²) in [4.78, 5) is 21.8. The summed E-state index contributed by atoms with van der Waals surface area (Å²) in [6.07, 6.45) is 13.2. The Morgan fingerprint density at radius 2 is 0.973 bits per heavy atom. The van der Waals surface area contributed by atoms with Gasteiger partial charge < -0.3 is 14.9 Å². The third kappa shape index (κ3) is 6.54. The summed E-state index contributed by atoms with van der Waals surface area (Å²) in [6, 6.07) is 3.06. The molecule has 7 atom stereocenters. The first-order chi connectivity index (χ1) is 17.9. The average Bonchev–Trinajstić information content (AvgIpc) is 3.83. The van der Waals surface area contributed by atoms with E-state index >= 15 is 0 Å². The quantitative estimate of drug-likeness (QED) is 0.174. The second-order valence-electron chi connectivity index (χ2n) is 11.8. The van der Waals surface area contributed by atoms with E-state index in [1.165, 1.54) is 38.5 Å². The van der Waals surface area contributed by atoms with Gasteiger partial charge in [0.05, 0.1) is 13.0 Å². The lowest BCUT2D eigenvalue weighted by atomic mass is 10.1. The maximum Gasteiger partial charge on any atom is 0.310 e. The second kappa shape index (κ2) is 14.1. The van der Waals surface area contributed by atoms with Crippen molar-refractivity contribution in [2.24, 2.45) is 0 Å². The van der Waals surface area contributed by atoms with E-state index in [-0.39, 0.29) is 12.6 Å². The van der Waals surface area contributed by atoms with Crippen molar-refractivity contribution in [2.45, 2.75) is 173 Å². The monoisotopic (exact) mass is 523 g/mol. The number of aliphatic hydroxyl groups is 2. The average molecular weight is 524 g/mol. The largest absolute Gasteiger partial charge is 0.463 e. The Hall–Kier alpha value is -0.730. The molecule has 0 aromatic rings. The number of rotatable bonds is 20. The van der Waals surface area contributed by atoms with Gasteiger partial charge in [-0.15, -0.1) is 0 Å². The van der Waals surface area contributed by atoms with Crippen LogP contribution in [-0.4, -0.2) is 92.2 Å². The van der Waals surface area contributed by atoms with Crippen molar-refractivity contribution in [2.75, 3.05) is 13.2 Å². The van der Waals surface area contributed by atoms with E-state index < -0.39 is 18.5 Å². The molecule has 7 heteroatoms. The van der Waals surface area contributed by atoms with Gasteiger partial charge >= 0.3 is 5.97 Å². The third-order valence-corrected chi connectivity index (χ3v) is 8.98. The highest BCUT2D eigenvalue weighted by molar-refractivity contribution is 5.71. The number of hydrogen-bond donors (Lipinski definition) is 2. The number of esters is 1. The molecule has 7 unspecified atom stereocenters. The van der Waals surface area contributed by atoms with Crippen molar-refractivity contribution in [3.05, 3.63) is 0 Å². The Bertz CT molecular complexity index is 601. The molecular formula is C30H57N3O4. The molecule has 3 aliphatic rings. The van der Waals surface area contributed by atoms with E-state index in [0.29, 0.717) is 42.7 Å². The molecule has 7 nitrogen and oxygen atoms in total. The predicted octanol–water partition coefficient (Wildman–Crippen LogP) is 4.89. The van der Waals surface area contributed by atoms with Crippen molar-refractivity contribution < 1.29 is 19.7 Å². The van der Waals surface area contributed by atoms with Crippen molar-refractivity contribution in [1.82, 2.24) is 14.7 Å². The van der Waals surface area contributed by atoms with Crippen LogP contribution in [0.2, 0.25) is 0 Å². The zero-order valence-electron chi connectivity index (χ0n) is 24.7. The lowest BCUT2D eigenvalue weighted by molar-refractivity contribution is -0.158. The van der Waals surface area contributed by atoms with E-state index in [0.717, 1.165) is 38.5 Å². The Morgan fingerprint density at radius 1 is 0.676 bits per heavy atom. The van der Waals surface area contributed by atoms with Gasteiger partial charge in [0.1, 0.15) is 18.5 Å². The first kappa shape index (κ1) is 30.8. The van der Waals surface area contributed by atoms with E-state index in [1.54, 1.807) is 0 Å². The van der Waals surface area contributed by atoms with Crippen LogP contribution in [0.15, 0.2) is 0 Å². The van der Waals surface area contributed by atoms with Gasteiger partial charge in [0.15, 0.2) is 0 Å². The summed E-state index contributed by atoms with van der Waals surface area (Å²) in [5.74, 6) is -0.694. The van der Waals surface area contributed by atoms with E-state index in [1.807, 2.05) is 0 Å². The highest BCUT2D eigenvalue weighted by Crippen LogP contribution is 2.59.